The van der Waals surface area contributed by atoms with E-state index in [0.717, 1.165) is 15.9 Å². The molecule has 0 unspecified atom stereocenters. The van der Waals surface area contributed by atoms with Gasteiger partial charge in [-0.1, -0.05) is 60.7 Å². The molecule has 3 heterocycles. The van der Waals surface area contributed by atoms with Gasteiger partial charge in [0, 0.05) is 19.5 Å². The Morgan fingerprint density at radius 2 is 1.12 bits per heavy atom. The highest BCUT2D eigenvalue weighted by molar-refractivity contribution is 7.87. The van der Waals surface area contributed by atoms with Crippen molar-refractivity contribution < 1.29 is 73.2 Å². The number of carbonyl (C=O) groups is 4. The number of carbonyl (C=O) groups excluding carboxylic acids is 4. The van der Waals surface area contributed by atoms with E-state index in [0.29, 0.717) is 24.1 Å². The van der Waals surface area contributed by atoms with Gasteiger partial charge in [-0.05, 0) is 64.6 Å². The molecule has 1 saturated heterocycles. The quantitative estimate of drug-likeness (QED) is 0.0819. The summed E-state index contributed by atoms with van der Waals surface area (Å²) in [6.07, 6.45) is -1.28. The van der Waals surface area contributed by atoms with Crippen LogP contribution in [0.4, 0.5) is 22.8 Å². The van der Waals surface area contributed by atoms with Crippen molar-refractivity contribution in [3.8, 4) is 0 Å². The molecule has 0 aromatic heterocycles. The van der Waals surface area contributed by atoms with Crippen LogP contribution < -0.4 is 0 Å². The highest BCUT2D eigenvalue weighted by Gasteiger charge is 2.54. The summed E-state index contributed by atoms with van der Waals surface area (Å²) >= 11 is 0. The maximum atomic E-state index is 12.7. The van der Waals surface area contributed by atoms with E-state index >= 15 is 0 Å². The molecule has 2 aromatic rings. The third-order valence-corrected chi connectivity index (χ3v) is 10.7. The lowest BCUT2D eigenvalue weighted by Crippen LogP contribution is -2.42. The maximum Gasteiger partial charge on any atom is 0.534 e. The van der Waals surface area contributed by atoms with Crippen molar-refractivity contribution in [1.29, 1.82) is 0 Å². The van der Waals surface area contributed by atoms with Gasteiger partial charge >= 0.3 is 46.9 Å². The zero-order valence-corrected chi connectivity index (χ0v) is 34.5. The Bertz CT molecular complexity index is 1980. The average Bonchev–Trinajstić information content (AvgIpc) is 3.41. The fourth-order valence-corrected chi connectivity index (χ4v) is 6.33. The molecule has 0 N–H and O–H groups in total. The Hall–Kier alpha value is -5.08. The zero-order valence-electron chi connectivity index (χ0n) is 33.7. The van der Waals surface area contributed by atoms with Crippen molar-refractivity contribution >= 4 is 41.4 Å². The lowest BCUT2D eigenvalue weighted by atomic mass is 9.71. The van der Waals surface area contributed by atoms with E-state index in [1.165, 1.54) is 11.8 Å². The van der Waals surface area contributed by atoms with E-state index in [1.807, 2.05) is 58.0 Å². The van der Waals surface area contributed by atoms with Crippen molar-refractivity contribution in [2.75, 3.05) is 39.4 Å². The highest BCUT2D eigenvalue weighted by Crippen LogP contribution is 2.40. The van der Waals surface area contributed by atoms with Gasteiger partial charge in [0.25, 0.3) is 0 Å². The Morgan fingerprint density at radius 1 is 0.695 bits per heavy atom. The number of amides is 2. The van der Waals surface area contributed by atoms with Gasteiger partial charge in [-0.25, -0.2) is 19.2 Å². The molecule has 2 amide bonds. The topological polar surface area (TPSA) is 174 Å². The molecule has 0 bridgehead atoms. The summed E-state index contributed by atoms with van der Waals surface area (Å²) in [5.41, 5.74) is -4.45. The first-order chi connectivity index (χ1) is 27.7. The number of halogens is 3. The van der Waals surface area contributed by atoms with E-state index in [1.54, 1.807) is 37.3 Å². The van der Waals surface area contributed by atoms with Gasteiger partial charge in [-0.3, -0.25) is 0 Å². The third-order valence-electron chi connectivity index (χ3n) is 9.68. The molecule has 2 aromatic carbocycles. The molecule has 0 atom stereocenters. The molecule has 5 rings (SSSR count). The predicted octanol–water partition coefficient (Wildman–Crippen LogP) is 6.23. The van der Waals surface area contributed by atoms with Crippen LogP contribution in [0.2, 0.25) is 0 Å². The number of ether oxygens (including phenoxy) is 4. The van der Waals surface area contributed by atoms with Crippen LogP contribution in [0.1, 0.15) is 65.5 Å². The van der Waals surface area contributed by atoms with E-state index < -0.39 is 82.4 Å². The van der Waals surface area contributed by atoms with Gasteiger partial charge in [0.2, 0.25) is 0 Å². The van der Waals surface area contributed by atoms with Crippen molar-refractivity contribution in [2.45, 2.75) is 84.3 Å². The summed E-state index contributed by atoms with van der Waals surface area (Å²) in [5, 5.41) is 0. The summed E-state index contributed by atoms with van der Waals surface area (Å²) in [7, 11) is -6.60. The first kappa shape index (κ1) is 46.6. The molecule has 0 radical (unpaired) electrons. The molecule has 20 heteroatoms. The minimum Gasteiger partial charge on any atom is -0.463 e. The van der Waals surface area contributed by atoms with Crippen LogP contribution in [0, 0.1) is 0 Å². The van der Waals surface area contributed by atoms with Gasteiger partial charge < -0.3 is 42.2 Å². The van der Waals surface area contributed by atoms with Gasteiger partial charge in [-0.15, -0.1) is 0 Å². The summed E-state index contributed by atoms with van der Waals surface area (Å²) in [6, 6.07) is 18.2. The van der Waals surface area contributed by atoms with Gasteiger partial charge in [0.05, 0.1) is 48.7 Å². The Kier molecular flexibility index (Phi) is 15.6. The Labute approximate surface area is 341 Å². The fraction of sp³-hybridized carbons (Fsp3) is 0.487. The smallest absolute Gasteiger partial charge is 0.463 e. The van der Waals surface area contributed by atoms with Crippen molar-refractivity contribution in [3.63, 3.8) is 0 Å². The van der Waals surface area contributed by atoms with E-state index in [9.17, 15) is 40.8 Å². The molecule has 15 nitrogen and oxygen atoms in total. The standard InChI is InChI=1S/C22H30BNO6.C17H18F3NO7S/c1-6-27-19(25)17-14-24(20(26)28-15-16-10-8-7-9-11-16)13-12-18(17)23-29-21(2,3)22(4,5)30-23;1-2-26-15(22)13-10-21(16(23)27-11-12-6-4-3-5-7-12)9-8-14(13)28-29(24,25)17(18,19)20/h7-11H,6,12-15H2,1-5H3;3-7H,2,8-11H2,1H3. The maximum absolute atomic E-state index is 12.7. The molecular weight excluding hydrogens is 804 g/mol. The Morgan fingerprint density at radius 3 is 1.56 bits per heavy atom. The van der Waals surface area contributed by atoms with Gasteiger partial charge in [0.15, 0.2) is 0 Å². The average molecular weight is 853 g/mol. The second-order valence-corrected chi connectivity index (χ2v) is 15.9. The van der Waals surface area contributed by atoms with Gasteiger partial charge in [0.1, 0.15) is 19.0 Å². The molecule has 0 saturated carbocycles. The van der Waals surface area contributed by atoms with Crippen LogP contribution >= 0.6 is 0 Å². The number of hydrogen-bond acceptors (Lipinski definition) is 13. The molecule has 3 aliphatic rings. The van der Waals surface area contributed by atoms with Crippen molar-refractivity contribution in [2.24, 2.45) is 0 Å². The van der Waals surface area contributed by atoms with Gasteiger partial charge in [-0.2, -0.15) is 21.6 Å². The minimum absolute atomic E-state index is 0.0551. The number of esters is 2. The summed E-state index contributed by atoms with van der Waals surface area (Å²) < 4.78 is 97.3. The summed E-state index contributed by atoms with van der Waals surface area (Å²) in [4.78, 5) is 52.1. The van der Waals surface area contributed by atoms with Crippen LogP contribution in [0.5, 0.6) is 0 Å². The van der Waals surface area contributed by atoms with Crippen LogP contribution in [0.3, 0.4) is 0 Å². The zero-order chi connectivity index (χ0) is 43.6. The molecule has 322 valence electrons. The van der Waals surface area contributed by atoms with E-state index in [4.69, 9.17) is 28.3 Å². The summed E-state index contributed by atoms with van der Waals surface area (Å²) in [5.74, 6) is -2.25. The van der Waals surface area contributed by atoms with E-state index in [-0.39, 0.29) is 39.5 Å². The lowest BCUT2D eigenvalue weighted by molar-refractivity contribution is -0.140. The molecule has 1 fully saturated rings. The number of rotatable bonds is 11. The molecule has 0 spiro atoms. The Balaban J connectivity index is 0.000000261. The lowest BCUT2D eigenvalue weighted by Gasteiger charge is -2.32. The number of benzene rings is 2. The van der Waals surface area contributed by atoms with Crippen LogP contribution in [-0.2, 0) is 65.4 Å². The number of nitrogens with zero attached hydrogens (tertiary/aromatic N) is 2. The minimum atomic E-state index is -5.96. The second kappa shape index (κ2) is 19.8. The normalized spacial score (nSPS) is 17.7. The van der Waals surface area contributed by atoms with Crippen molar-refractivity contribution in [1.82, 2.24) is 9.80 Å². The number of hydrogen-bond donors (Lipinski definition) is 0. The van der Waals surface area contributed by atoms with E-state index in [2.05, 4.69) is 4.18 Å². The van der Waals surface area contributed by atoms with Crippen LogP contribution in [0.25, 0.3) is 0 Å². The molecule has 3 aliphatic heterocycles. The molecular formula is C39H48BF3N2O13S. The molecule has 59 heavy (non-hydrogen) atoms. The monoisotopic (exact) mass is 852 g/mol. The largest absolute Gasteiger partial charge is 0.534 e. The fourth-order valence-electron chi connectivity index (χ4n) is 5.78. The molecule has 0 aliphatic carbocycles. The summed E-state index contributed by atoms with van der Waals surface area (Å²) in [6.45, 7) is 11.1. The first-order valence-corrected chi connectivity index (χ1v) is 20.2. The third kappa shape index (κ3) is 12.2. The van der Waals surface area contributed by atoms with Crippen LogP contribution in [0.15, 0.2) is 83.0 Å². The SMILES string of the molecule is CCOC(=O)C1=C(B2OC(C)(C)C(C)(C)O2)CCN(C(=O)OCc2ccccc2)C1.CCOC(=O)C1=C(OS(=O)(=O)C(F)(F)F)CCN(C(=O)OCc2ccccc2)C1. The first-order valence-electron chi connectivity index (χ1n) is 18.8. The predicted molar refractivity (Wildman–Crippen MR) is 205 cm³/mol. The number of alkyl halides is 3. The van der Waals surface area contributed by atoms with Crippen molar-refractivity contribution in [3.05, 3.63) is 94.2 Å². The van der Waals surface area contributed by atoms with Crippen LogP contribution in [-0.4, -0.2) is 106 Å². The highest BCUT2D eigenvalue weighted by atomic mass is 32.2. The second-order valence-electron chi connectivity index (χ2n) is 14.3.